The zero-order chi connectivity index (χ0) is 15.2. The predicted molar refractivity (Wildman–Crippen MR) is 82.1 cm³/mol. The maximum absolute atomic E-state index is 13.9. The summed E-state index contributed by atoms with van der Waals surface area (Å²) in [7, 11) is 1.58. The van der Waals surface area contributed by atoms with E-state index in [4.69, 9.17) is 4.74 Å². The topological polar surface area (TPSA) is 29.5 Å². The van der Waals surface area contributed by atoms with Crippen LogP contribution in [0.3, 0.4) is 0 Å². The summed E-state index contributed by atoms with van der Waals surface area (Å²) in [6, 6.07) is 8.48. The second-order valence-corrected chi connectivity index (χ2v) is 5.81. The molecule has 0 saturated carbocycles. The lowest BCUT2D eigenvalue weighted by molar-refractivity contribution is 0.0677. The number of aryl methyl sites for hydroxylation is 1. The fraction of sp³-hybridized carbons (Fsp3) is 0.312. The molecule has 0 spiro atoms. The van der Waals surface area contributed by atoms with E-state index in [0.717, 1.165) is 10.4 Å². The zero-order valence-electron chi connectivity index (χ0n) is 12.1. The van der Waals surface area contributed by atoms with Gasteiger partial charge in [0.2, 0.25) is 0 Å². The Kier molecular flexibility index (Phi) is 5.47. The Morgan fingerprint density at radius 2 is 2.19 bits per heavy atom. The minimum Gasteiger partial charge on any atom is -0.383 e. The third-order valence-corrected chi connectivity index (χ3v) is 3.99. The number of amides is 1. The summed E-state index contributed by atoms with van der Waals surface area (Å²) < 4.78 is 19.0. The Labute approximate surface area is 128 Å². The second kappa shape index (κ2) is 7.33. The van der Waals surface area contributed by atoms with Gasteiger partial charge in [0.25, 0.3) is 5.91 Å². The van der Waals surface area contributed by atoms with Crippen molar-refractivity contribution in [3.05, 3.63) is 57.5 Å². The van der Waals surface area contributed by atoms with Crippen LogP contribution >= 0.6 is 11.3 Å². The van der Waals surface area contributed by atoms with Crippen LogP contribution in [0.1, 0.15) is 20.8 Å². The van der Waals surface area contributed by atoms with E-state index in [-0.39, 0.29) is 11.5 Å². The standard InChI is InChI=1S/C16H18FNO2S/c1-12-5-6-15(17)14(10-12)16(19)18(7-8-20-2)11-13-4-3-9-21-13/h3-6,9-10H,7-8,11H2,1-2H3. The normalized spacial score (nSPS) is 10.6. The van der Waals surface area contributed by atoms with Gasteiger partial charge < -0.3 is 9.64 Å². The van der Waals surface area contributed by atoms with Crippen molar-refractivity contribution in [3.63, 3.8) is 0 Å². The number of hydrogen-bond donors (Lipinski definition) is 0. The smallest absolute Gasteiger partial charge is 0.257 e. The molecule has 1 aromatic heterocycles. The van der Waals surface area contributed by atoms with Crippen molar-refractivity contribution >= 4 is 17.2 Å². The van der Waals surface area contributed by atoms with E-state index < -0.39 is 5.82 Å². The van der Waals surface area contributed by atoms with Gasteiger partial charge in [0.15, 0.2) is 0 Å². The van der Waals surface area contributed by atoms with E-state index in [1.807, 2.05) is 24.4 Å². The van der Waals surface area contributed by atoms with Crippen molar-refractivity contribution in [2.45, 2.75) is 13.5 Å². The number of benzene rings is 1. The van der Waals surface area contributed by atoms with Crippen LogP contribution in [0, 0.1) is 12.7 Å². The molecule has 112 valence electrons. The molecule has 0 bridgehead atoms. The largest absolute Gasteiger partial charge is 0.383 e. The van der Waals surface area contributed by atoms with Gasteiger partial charge in [-0.05, 0) is 30.5 Å². The van der Waals surface area contributed by atoms with Gasteiger partial charge in [0, 0.05) is 18.5 Å². The van der Waals surface area contributed by atoms with Crippen LogP contribution in [-0.2, 0) is 11.3 Å². The van der Waals surface area contributed by atoms with Gasteiger partial charge in [-0.3, -0.25) is 4.79 Å². The summed E-state index contributed by atoms with van der Waals surface area (Å²) >= 11 is 1.58. The van der Waals surface area contributed by atoms with Gasteiger partial charge in [0.05, 0.1) is 18.7 Å². The van der Waals surface area contributed by atoms with E-state index in [1.54, 1.807) is 35.5 Å². The van der Waals surface area contributed by atoms with Crippen LogP contribution in [0.25, 0.3) is 0 Å². The highest BCUT2D eigenvalue weighted by Crippen LogP contribution is 2.17. The first kappa shape index (κ1) is 15.7. The van der Waals surface area contributed by atoms with Crippen LogP contribution in [-0.4, -0.2) is 31.1 Å². The number of halogens is 1. The molecule has 2 rings (SSSR count). The number of carbonyl (C=O) groups is 1. The number of nitrogens with zero attached hydrogens (tertiary/aromatic N) is 1. The quantitative estimate of drug-likeness (QED) is 0.817. The zero-order valence-corrected chi connectivity index (χ0v) is 13.0. The Bertz CT molecular complexity index is 598. The molecule has 3 nitrogen and oxygen atoms in total. The highest BCUT2D eigenvalue weighted by Gasteiger charge is 2.19. The lowest BCUT2D eigenvalue weighted by Gasteiger charge is -2.22. The molecule has 0 unspecified atom stereocenters. The summed E-state index contributed by atoms with van der Waals surface area (Å²) in [6.07, 6.45) is 0. The number of hydrogen-bond acceptors (Lipinski definition) is 3. The first-order valence-corrected chi connectivity index (χ1v) is 7.56. The van der Waals surface area contributed by atoms with Crippen LogP contribution < -0.4 is 0 Å². The van der Waals surface area contributed by atoms with Crippen molar-refractivity contribution < 1.29 is 13.9 Å². The molecule has 0 radical (unpaired) electrons. The monoisotopic (exact) mass is 307 g/mol. The Hall–Kier alpha value is -1.72. The summed E-state index contributed by atoms with van der Waals surface area (Å²) in [6.45, 7) is 3.16. The maximum atomic E-state index is 13.9. The minimum absolute atomic E-state index is 0.114. The lowest BCUT2D eigenvalue weighted by Crippen LogP contribution is -2.33. The first-order chi connectivity index (χ1) is 10.1. The van der Waals surface area contributed by atoms with Crippen LogP contribution in [0.2, 0.25) is 0 Å². The maximum Gasteiger partial charge on any atom is 0.257 e. The van der Waals surface area contributed by atoms with Gasteiger partial charge in [-0.25, -0.2) is 4.39 Å². The predicted octanol–water partition coefficient (Wildman–Crippen LogP) is 3.48. The molecule has 5 heteroatoms. The summed E-state index contributed by atoms with van der Waals surface area (Å²) in [5, 5.41) is 1.96. The second-order valence-electron chi connectivity index (χ2n) is 4.78. The van der Waals surface area contributed by atoms with E-state index >= 15 is 0 Å². The molecule has 0 saturated heterocycles. The summed E-state index contributed by atoms with van der Waals surface area (Å²) in [5.74, 6) is -0.791. The molecule has 21 heavy (non-hydrogen) atoms. The van der Waals surface area contributed by atoms with Gasteiger partial charge in [-0.2, -0.15) is 0 Å². The molecule has 0 N–H and O–H groups in total. The molecule has 0 aliphatic carbocycles. The fourth-order valence-electron chi connectivity index (χ4n) is 2.02. The molecule has 0 atom stereocenters. The van der Waals surface area contributed by atoms with Crippen LogP contribution in [0.5, 0.6) is 0 Å². The summed E-state index contributed by atoms with van der Waals surface area (Å²) in [5.41, 5.74) is 0.977. The van der Waals surface area contributed by atoms with Gasteiger partial charge >= 0.3 is 0 Å². The molecule has 1 heterocycles. The van der Waals surface area contributed by atoms with Crippen molar-refractivity contribution in [1.29, 1.82) is 0 Å². The van der Waals surface area contributed by atoms with Gasteiger partial charge in [-0.1, -0.05) is 17.7 Å². The van der Waals surface area contributed by atoms with Crippen molar-refractivity contribution in [3.8, 4) is 0 Å². The van der Waals surface area contributed by atoms with Crippen LogP contribution in [0.4, 0.5) is 4.39 Å². The van der Waals surface area contributed by atoms with E-state index in [0.29, 0.717) is 19.7 Å². The SMILES string of the molecule is COCCN(Cc1cccs1)C(=O)c1cc(C)ccc1F. The van der Waals surface area contributed by atoms with Crippen molar-refractivity contribution in [2.24, 2.45) is 0 Å². The molecule has 0 fully saturated rings. The average molecular weight is 307 g/mol. The van der Waals surface area contributed by atoms with E-state index in [2.05, 4.69) is 0 Å². The van der Waals surface area contributed by atoms with E-state index in [9.17, 15) is 9.18 Å². The number of carbonyl (C=O) groups excluding carboxylic acids is 1. The summed E-state index contributed by atoms with van der Waals surface area (Å²) in [4.78, 5) is 15.3. The third kappa shape index (κ3) is 4.12. The molecule has 1 aromatic carbocycles. The molecule has 2 aromatic rings. The molecule has 0 aliphatic heterocycles. The first-order valence-electron chi connectivity index (χ1n) is 6.68. The van der Waals surface area contributed by atoms with Gasteiger partial charge in [0.1, 0.15) is 5.82 Å². The molecular formula is C16H18FNO2S. The lowest BCUT2D eigenvalue weighted by atomic mass is 10.1. The third-order valence-electron chi connectivity index (χ3n) is 3.13. The fourth-order valence-corrected chi connectivity index (χ4v) is 2.74. The molecule has 0 aliphatic rings. The number of methoxy groups -OCH3 is 1. The van der Waals surface area contributed by atoms with Crippen molar-refractivity contribution in [1.82, 2.24) is 4.90 Å². The minimum atomic E-state index is -0.487. The van der Waals surface area contributed by atoms with E-state index in [1.165, 1.54) is 6.07 Å². The number of ether oxygens (including phenoxy) is 1. The highest BCUT2D eigenvalue weighted by molar-refractivity contribution is 7.09. The van der Waals surface area contributed by atoms with Gasteiger partial charge in [-0.15, -0.1) is 11.3 Å². The number of thiophene rings is 1. The molecular weight excluding hydrogens is 289 g/mol. The van der Waals surface area contributed by atoms with Crippen molar-refractivity contribution in [2.75, 3.05) is 20.3 Å². The van der Waals surface area contributed by atoms with Crippen LogP contribution in [0.15, 0.2) is 35.7 Å². The molecule has 1 amide bonds. The Morgan fingerprint density at radius 3 is 2.86 bits per heavy atom. The Morgan fingerprint density at radius 1 is 1.38 bits per heavy atom. The Balaban J connectivity index is 2.22. The number of rotatable bonds is 6. The highest BCUT2D eigenvalue weighted by atomic mass is 32.1. The average Bonchev–Trinajstić information content (AvgIpc) is 2.98.